The second kappa shape index (κ2) is 8.55. The third-order valence-electron chi connectivity index (χ3n) is 5.71. The van der Waals surface area contributed by atoms with E-state index in [2.05, 4.69) is 16.3 Å². The number of aryl methyl sites for hydroxylation is 2. The lowest BCUT2D eigenvalue weighted by Crippen LogP contribution is -2.45. The predicted octanol–water partition coefficient (Wildman–Crippen LogP) is 3.44. The van der Waals surface area contributed by atoms with E-state index in [1.165, 1.54) is 41.0 Å². The lowest BCUT2D eigenvalue weighted by molar-refractivity contribution is -0.127. The van der Waals surface area contributed by atoms with Crippen molar-refractivity contribution in [3.8, 4) is 0 Å². The maximum atomic E-state index is 13.1. The molecule has 4 nitrogen and oxygen atoms in total. The molecule has 1 aromatic carbocycles. The summed E-state index contributed by atoms with van der Waals surface area (Å²) in [4.78, 5) is 18.1. The number of carbonyl (C=O) groups is 1. The zero-order valence-electron chi connectivity index (χ0n) is 15.7. The third-order valence-corrected chi connectivity index (χ3v) is 6.95. The van der Waals surface area contributed by atoms with Gasteiger partial charge in [0.25, 0.3) is 0 Å². The smallest absolute Gasteiger partial charge is 0.242 e. The second-order valence-corrected chi connectivity index (χ2v) is 8.89. The average molecular weight is 385 g/mol. The number of fused-ring (bicyclic) bond motifs is 1. The van der Waals surface area contributed by atoms with Gasteiger partial charge in [0.1, 0.15) is 6.04 Å². The average Bonchev–Trinajstić information content (AvgIpc) is 3.12. The quantitative estimate of drug-likeness (QED) is 0.830. The van der Waals surface area contributed by atoms with E-state index in [0.29, 0.717) is 6.54 Å². The highest BCUT2D eigenvalue weighted by molar-refractivity contribution is 7.12. The maximum absolute atomic E-state index is 13.1. The van der Waals surface area contributed by atoms with Crippen LogP contribution in [-0.4, -0.2) is 35.1 Å². The van der Waals surface area contributed by atoms with E-state index in [0.717, 1.165) is 31.5 Å². The summed E-state index contributed by atoms with van der Waals surface area (Å²) in [6.07, 6.45) is 6.17. The Morgan fingerprint density at radius 1 is 1.19 bits per heavy atom. The van der Waals surface area contributed by atoms with Gasteiger partial charge in [0.15, 0.2) is 0 Å². The van der Waals surface area contributed by atoms with E-state index < -0.39 is 0 Å². The van der Waals surface area contributed by atoms with Crippen LogP contribution in [0.5, 0.6) is 0 Å². The first-order chi connectivity index (χ1) is 13.2. The first kappa shape index (κ1) is 18.7. The number of carbonyl (C=O) groups excluding carboxylic acids is 1. The van der Waals surface area contributed by atoms with Gasteiger partial charge >= 0.3 is 0 Å². The van der Waals surface area contributed by atoms with Crippen molar-refractivity contribution < 1.29 is 9.90 Å². The van der Waals surface area contributed by atoms with Crippen LogP contribution in [-0.2, 0) is 24.2 Å². The van der Waals surface area contributed by atoms with Crippen LogP contribution in [0.1, 0.15) is 52.6 Å². The van der Waals surface area contributed by atoms with Crippen molar-refractivity contribution in [2.45, 2.75) is 57.2 Å². The first-order valence-electron chi connectivity index (χ1n) is 10.1. The van der Waals surface area contributed by atoms with Crippen LogP contribution < -0.4 is 5.32 Å². The number of likely N-dealkylation sites (tertiary alicyclic amines) is 1. The lowest BCUT2D eigenvalue weighted by Gasteiger charge is -2.35. The highest BCUT2D eigenvalue weighted by atomic mass is 32.1. The molecule has 144 valence electrons. The van der Waals surface area contributed by atoms with Gasteiger partial charge in [-0.3, -0.25) is 9.69 Å². The largest absolute Gasteiger partial charge is 0.393 e. The highest BCUT2D eigenvalue weighted by Crippen LogP contribution is 2.30. The fourth-order valence-electron chi connectivity index (χ4n) is 4.22. The zero-order chi connectivity index (χ0) is 18.6. The monoisotopic (exact) mass is 384 g/mol. The molecule has 2 aliphatic rings. The molecule has 1 fully saturated rings. The molecule has 0 saturated carbocycles. The molecular formula is C22H28N2O2S. The number of nitrogens with zero attached hydrogens (tertiary/aromatic N) is 1. The summed E-state index contributed by atoms with van der Waals surface area (Å²) in [5.74, 6) is 0.0592. The van der Waals surface area contributed by atoms with E-state index in [1.807, 2.05) is 41.7 Å². The Kier molecular flexibility index (Phi) is 5.91. The van der Waals surface area contributed by atoms with Crippen molar-refractivity contribution in [1.82, 2.24) is 10.2 Å². The number of amides is 1. The molecule has 2 heterocycles. The summed E-state index contributed by atoms with van der Waals surface area (Å²) in [6, 6.07) is 12.0. The van der Waals surface area contributed by atoms with Gasteiger partial charge in [-0.1, -0.05) is 30.3 Å². The zero-order valence-corrected chi connectivity index (χ0v) is 16.5. The van der Waals surface area contributed by atoms with Crippen molar-refractivity contribution in [2.24, 2.45) is 0 Å². The summed E-state index contributed by atoms with van der Waals surface area (Å²) in [7, 11) is 0. The number of benzene rings is 1. The van der Waals surface area contributed by atoms with Crippen LogP contribution in [0.4, 0.5) is 0 Å². The van der Waals surface area contributed by atoms with Gasteiger partial charge < -0.3 is 10.4 Å². The number of hydrogen-bond donors (Lipinski definition) is 2. The molecule has 0 radical (unpaired) electrons. The van der Waals surface area contributed by atoms with Crippen LogP contribution in [0, 0.1) is 0 Å². The fourth-order valence-corrected chi connectivity index (χ4v) is 5.42. The molecule has 1 aromatic heterocycles. The summed E-state index contributed by atoms with van der Waals surface area (Å²) in [5.41, 5.74) is 2.51. The standard InChI is InChI=1S/C22H28N2O2S/c25-18-10-12-24(13-11-18)21(16-6-2-1-3-7-16)22(26)23-15-19-14-17-8-4-5-9-20(17)27-19/h1-3,6-7,14,18,21,25H,4-5,8-13,15H2,(H,23,26). The van der Waals surface area contributed by atoms with Gasteiger partial charge in [-0.2, -0.15) is 0 Å². The Morgan fingerprint density at radius 3 is 2.67 bits per heavy atom. The van der Waals surface area contributed by atoms with Crippen molar-refractivity contribution >= 4 is 17.2 Å². The van der Waals surface area contributed by atoms with Crippen molar-refractivity contribution in [2.75, 3.05) is 13.1 Å². The van der Waals surface area contributed by atoms with Gasteiger partial charge in [-0.05, 0) is 55.7 Å². The molecule has 0 spiro atoms. The molecule has 1 amide bonds. The molecule has 1 atom stereocenters. The Balaban J connectivity index is 1.46. The van der Waals surface area contributed by atoms with Gasteiger partial charge in [0.2, 0.25) is 5.91 Å². The van der Waals surface area contributed by atoms with E-state index in [9.17, 15) is 9.90 Å². The van der Waals surface area contributed by atoms with E-state index >= 15 is 0 Å². The van der Waals surface area contributed by atoms with Crippen molar-refractivity contribution in [3.05, 3.63) is 57.3 Å². The Labute approximate surface area is 165 Å². The van der Waals surface area contributed by atoms with Gasteiger partial charge in [0, 0.05) is 22.8 Å². The number of aliphatic hydroxyl groups excluding tert-OH is 1. The molecule has 1 unspecified atom stereocenters. The number of nitrogens with one attached hydrogen (secondary N) is 1. The molecule has 2 N–H and O–H groups in total. The van der Waals surface area contributed by atoms with Gasteiger partial charge in [-0.25, -0.2) is 0 Å². The third kappa shape index (κ3) is 4.42. The molecule has 1 aliphatic heterocycles. The molecule has 5 heteroatoms. The van der Waals surface area contributed by atoms with Crippen LogP contribution in [0.15, 0.2) is 36.4 Å². The van der Waals surface area contributed by atoms with Crippen molar-refractivity contribution in [3.63, 3.8) is 0 Å². The fraction of sp³-hybridized carbons (Fsp3) is 0.500. The number of rotatable bonds is 5. The molecule has 4 rings (SSSR count). The molecular weight excluding hydrogens is 356 g/mol. The van der Waals surface area contributed by atoms with Crippen molar-refractivity contribution in [1.29, 1.82) is 0 Å². The number of hydrogen-bond acceptors (Lipinski definition) is 4. The summed E-state index contributed by atoms with van der Waals surface area (Å²) >= 11 is 1.86. The molecule has 0 bridgehead atoms. The Morgan fingerprint density at radius 2 is 1.93 bits per heavy atom. The number of thiophene rings is 1. The Hall–Kier alpha value is -1.69. The van der Waals surface area contributed by atoms with Crippen LogP contribution in [0.2, 0.25) is 0 Å². The van der Waals surface area contributed by atoms with E-state index in [1.54, 1.807) is 0 Å². The summed E-state index contributed by atoms with van der Waals surface area (Å²) in [6.45, 7) is 2.11. The minimum Gasteiger partial charge on any atom is -0.393 e. The van der Waals surface area contributed by atoms with Gasteiger partial charge in [-0.15, -0.1) is 11.3 Å². The van der Waals surface area contributed by atoms with Crippen LogP contribution in [0.25, 0.3) is 0 Å². The first-order valence-corrected chi connectivity index (χ1v) is 10.9. The molecule has 27 heavy (non-hydrogen) atoms. The summed E-state index contributed by atoms with van der Waals surface area (Å²) in [5, 5.41) is 13.0. The van der Waals surface area contributed by atoms with Crippen LogP contribution >= 0.6 is 11.3 Å². The minimum absolute atomic E-state index is 0.0592. The SMILES string of the molecule is O=C(NCc1cc2c(s1)CCCC2)C(c1ccccc1)N1CCC(O)CC1. The topological polar surface area (TPSA) is 52.6 Å². The summed E-state index contributed by atoms with van der Waals surface area (Å²) < 4.78 is 0. The number of aliphatic hydroxyl groups is 1. The van der Waals surface area contributed by atoms with E-state index in [-0.39, 0.29) is 18.1 Å². The molecule has 2 aromatic rings. The maximum Gasteiger partial charge on any atom is 0.242 e. The highest BCUT2D eigenvalue weighted by Gasteiger charge is 2.30. The van der Waals surface area contributed by atoms with E-state index in [4.69, 9.17) is 0 Å². The van der Waals surface area contributed by atoms with Crippen LogP contribution in [0.3, 0.4) is 0 Å². The normalized spacial score (nSPS) is 19.4. The minimum atomic E-state index is -0.284. The molecule has 1 saturated heterocycles. The second-order valence-electron chi connectivity index (χ2n) is 7.67. The Bertz CT molecular complexity index is 742. The number of piperidine rings is 1. The molecule has 1 aliphatic carbocycles. The predicted molar refractivity (Wildman–Crippen MR) is 109 cm³/mol. The van der Waals surface area contributed by atoms with Gasteiger partial charge in [0.05, 0.1) is 12.6 Å². The lowest BCUT2D eigenvalue weighted by atomic mass is 9.99.